The van der Waals surface area contributed by atoms with Gasteiger partial charge in [-0.05, 0) is 34.9 Å². The summed E-state index contributed by atoms with van der Waals surface area (Å²) < 4.78 is 6.11. The van der Waals surface area contributed by atoms with Crippen LogP contribution in [0.5, 0.6) is 0 Å². The van der Waals surface area contributed by atoms with Gasteiger partial charge in [0.25, 0.3) is 0 Å². The van der Waals surface area contributed by atoms with E-state index >= 15 is 0 Å². The molecule has 4 aromatic carbocycles. The first kappa shape index (κ1) is 14.8. The second-order valence-electron chi connectivity index (χ2n) is 6.42. The van der Waals surface area contributed by atoms with Crippen molar-refractivity contribution >= 4 is 27.6 Å². The summed E-state index contributed by atoms with van der Waals surface area (Å²) in [5.41, 5.74) is 13.4. The molecule has 0 aliphatic rings. The molecule has 0 saturated carbocycles. The normalized spacial score (nSPS) is 11.2. The summed E-state index contributed by atoms with van der Waals surface area (Å²) in [6.07, 6.45) is 0. The molecule has 0 spiro atoms. The smallest absolute Gasteiger partial charge is 0.137 e. The highest BCUT2D eigenvalue weighted by Crippen LogP contribution is 2.44. The molecule has 0 aliphatic carbocycles. The average Bonchev–Trinajstić information content (AvgIpc) is 3.08. The zero-order valence-electron chi connectivity index (χ0n) is 14.1. The van der Waals surface area contributed by atoms with E-state index in [1.54, 1.807) is 0 Å². The van der Waals surface area contributed by atoms with E-state index < -0.39 is 0 Å². The molecule has 124 valence electrons. The number of nitrogen functional groups attached to an aromatic ring is 1. The van der Waals surface area contributed by atoms with Gasteiger partial charge < -0.3 is 10.2 Å². The fourth-order valence-corrected chi connectivity index (χ4v) is 3.70. The van der Waals surface area contributed by atoms with E-state index in [2.05, 4.69) is 54.6 Å². The molecule has 5 aromatic rings. The highest BCUT2D eigenvalue weighted by Gasteiger charge is 2.18. The summed E-state index contributed by atoms with van der Waals surface area (Å²) in [5, 5.41) is 2.06. The zero-order chi connectivity index (χ0) is 17.5. The summed E-state index contributed by atoms with van der Waals surface area (Å²) in [5.74, 6) is 0. The molecule has 0 unspecified atom stereocenters. The Balaban J connectivity index is 1.99. The summed E-state index contributed by atoms with van der Waals surface area (Å²) in [6, 6.07) is 30.9. The third-order valence-corrected chi connectivity index (χ3v) is 4.84. The van der Waals surface area contributed by atoms with Crippen molar-refractivity contribution in [2.45, 2.75) is 0 Å². The molecule has 0 bridgehead atoms. The van der Waals surface area contributed by atoms with Crippen molar-refractivity contribution in [3.8, 4) is 22.3 Å². The molecule has 2 nitrogen and oxygen atoms in total. The third kappa shape index (κ3) is 2.20. The lowest BCUT2D eigenvalue weighted by Crippen LogP contribution is -1.89. The van der Waals surface area contributed by atoms with Crippen LogP contribution in [0.3, 0.4) is 0 Å². The Labute approximate surface area is 151 Å². The fraction of sp³-hybridized carbons (Fsp3) is 0. The van der Waals surface area contributed by atoms with Crippen LogP contribution in [-0.4, -0.2) is 0 Å². The number of nitrogens with two attached hydrogens (primary N) is 1. The van der Waals surface area contributed by atoms with Gasteiger partial charge in [0.1, 0.15) is 11.2 Å². The lowest BCUT2D eigenvalue weighted by atomic mass is 9.90. The van der Waals surface area contributed by atoms with Crippen LogP contribution in [0, 0.1) is 0 Å². The molecule has 5 rings (SSSR count). The number of fused-ring (bicyclic) bond motifs is 3. The van der Waals surface area contributed by atoms with E-state index in [4.69, 9.17) is 10.2 Å². The first-order valence-electron chi connectivity index (χ1n) is 8.67. The van der Waals surface area contributed by atoms with Gasteiger partial charge in [0.2, 0.25) is 0 Å². The summed E-state index contributed by atoms with van der Waals surface area (Å²) in [4.78, 5) is 0. The van der Waals surface area contributed by atoms with Crippen molar-refractivity contribution in [1.29, 1.82) is 0 Å². The lowest BCUT2D eigenvalue weighted by molar-refractivity contribution is 0.669. The van der Waals surface area contributed by atoms with E-state index in [0.717, 1.165) is 38.8 Å². The molecule has 0 saturated heterocycles. The standard InChI is InChI=1S/C24H17NO/c25-19-12-7-13-20-23(19)24-21(26-20)15-14-18(16-8-3-1-4-9-16)22(24)17-10-5-2-6-11-17/h1-15H,25H2. The van der Waals surface area contributed by atoms with Gasteiger partial charge in [-0.25, -0.2) is 0 Å². The molecule has 1 heterocycles. The summed E-state index contributed by atoms with van der Waals surface area (Å²) in [7, 11) is 0. The molecule has 2 N–H and O–H groups in total. The van der Waals surface area contributed by atoms with Crippen LogP contribution >= 0.6 is 0 Å². The van der Waals surface area contributed by atoms with Crippen LogP contribution in [0.4, 0.5) is 5.69 Å². The molecule has 0 aliphatic heterocycles. The Morgan fingerprint density at radius 1 is 0.538 bits per heavy atom. The maximum absolute atomic E-state index is 6.34. The summed E-state index contributed by atoms with van der Waals surface area (Å²) in [6.45, 7) is 0. The van der Waals surface area contributed by atoms with Crippen molar-refractivity contribution in [2.75, 3.05) is 5.73 Å². The Morgan fingerprint density at radius 3 is 1.92 bits per heavy atom. The number of anilines is 1. The van der Waals surface area contributed by atoms with Crippen molar-refractivity contribution in [1.82, 2.24) is 0 Å². The second kappa shape index (κ2) is 5.78. The van der Waals surface area contributed by atoms with Gasteiger partial charge in [0, 0.05) is 16.6 Å². The van der Waals surface area contributed by atoms with Gasteiger partial charge in [-0.1, -0.05) is 72.8 Å². The van der Waals surface area contributed by atoms with Crippen LogP contribution in [0.25, 0.3) is 44.2 Å². The van der Waals surface area contributed by atoms with E-state index in [9.17, 15) is 0 Å². The van der Waals surface area contributed by atoms with Crippen LogP contribution in [0.1, 0.15) is 0 Å². The molecule has 0 atom stereocenters. The monoisotopic (exact) mass is 335 g/mol. The number of hydrogen-bond acceptors (Lipinski definition) is 2. The number of hydrogen-bond donors (Lipinski definition) is 1. The Morgan fingerprint density at radius 2 is 1.19 bits per heavy atom. The molecular weight excluding hydrogens is 318 g/mol. The average molecular weight is 335 g/mol. The van der Waals surface area contributed by atoms with Crippen LogP contribution in [-0.2, 0) is 0 Å². The minimum absolute atomic E-state index is 0.739. The van der Waals surface area contributed by atoms with E-state index in [1.165, 1.54) is 11.1 Å². The molecule has 1 aromatic heterocycles. The zero-order valence-corrected chi connectivity index (χ0v) is 14.1. The number of furan rings is 1. The minimum Gasteiger partial charge on any atom is -0.456 e. The first-order valence-corrected chi connectivity index (χ1v) is 8.67. The van der Waals surface area contributed by atoms with Crippen LogP contribution in [0.2, 0.25) is 0 Å². The lowest BCUT2D eigenvalue weighted by Gasteiger charge is -2.12. The van der Waals surface area contributed by atoms with E-state index in [1.807, 2.05) is 36.4 Å². The van der Waals surface area contributed by atoms with Crippen molar-refractivity contribution in [3.05, 3.63) is 91.0 Å². The molecule has 0 amide bonds. The highest BCUT2D eigenvalue weighted by molar-refractivity contribution is 6.19. The molecular formula is C24H17NO. The molecule has 2 heteroatoms. The van der Waals surface area contributed by atoms with Crippen LogP contribution < -0.4 is 5.73 Å². The van der Waals surface area contributed by atoms with Gasteiger partial charge in [-0.15, -0.1) is 0 Å². The Kier molecular flexibility index (Phi) is 3.29. The van der Waals surface area contributed by atoms with Crippen molar-refractivity contribution in [2.24, 2.45) is 0 Å². The van der Waals surface area contributed by atoms with Gasteiger partial charge in [-0.3, -0.25) is 0 Å². The molecule has 26 heavy (non-hydrogen) atoms. The summed E-state index contributed by atoms with van der Waals surface area (Å²) >= 11 is 0. The van der Waals surface area contributed by atoms with E-state index in [-0.39, 0.29) is 0 Å². The number of rotatable bonds is 2. The fourth-order valence-electron chi connectivity index (χ4n) is 3.70. The maximum atomic E-state index is 6.34. The largest absolute Gasteiger partial charge is 0.456 e. The van der Waals surface area contributed by atoms with E-state index in [0.29, 0.717) is 0 Å². The number of benzene rings is 4. The third-order valence-electron chi connectivity index (χ3n) is 4.84. The SMILES string of the molecule is Nc1cccc2oc3ccc(-c4ccccc4)c(-c4ccccc4)c3c12. The Bertz CT molecular complexity index is 1220. The quantitative estimate of drug-likeness (QED) is 0.374. The predicted molar refractivity (Wildman–Crippen MR) is 109 cm³/mol. The maximum Gasteiger partial charge on any atom is 0.137 e. The van der Waals surface area contributed by atoms with Crippen LogP contribution in [0.15, 0.2) is 95.4 Å². The Hall–Kier alpha value is -3.52. The predicted octanol–water partition coefficient (Wildman–Crippen LogP) is 6.50. The second-order valence-corrected chi connectivity index (χ2v) is 6.42. The minimum atomic E-state index is 0.739. The van der Waals surface area contributed by atoms with Crippen molar-refractivity contribution in [3.63, 3.8) is 0 Å². The molecule has 0 radical (unpaired) electrons. The highest BCUT2D eigenvalue weighted by atomic mass is 16.3. The topological polar surface area (TPSA) is 39.2 Å². The molecule has 0 fully saturated rings. The van der Waals surface area contributed by atoms with Gasteiger partial charge in [-0.2, -0.15) is 0 Å². The van der Waals surface area contributed by atoms with Gasteiger partial charge in [0.15, 0.2) is 0 Å². The van der Waals surface area contributed by atoms with Gasteiger partial charge >= 0.3 is 0 Å². The van der Waals surface area contributed by atoms with Crippen molar-refractivity contribution < 1.29 is 4.42 Å². The first-order chi connectivity index (χ1) is 12.8. The van der Waals surface area contributed by atoms with Gasteiger partial charge in [0.05, 0.1) is 5.39 Å².